The summed E-state index contributed by atoms with van der Waals surface area (Å²) in [5.74, 6) is 0.481. The molecule has 1 unspecified atom stereocenters. The molecule has 5 heteroatoms. The smallest absolute Gasteiger partial charge is 0.188 e. The molecule has 0 fully saturated rings. The SMILES string of the molecule is CC(CN=C(N)NCCc1ccccn1)N(C)c1ccccc1. The van der Waals surface area contributed by atoms with Crippen LogP contribution < -0.4 is 16.0 Å². The van der Waals surface area contributed by atoms with Gasteiger partial charge in [-0.15, -0.1) is 0 Å². The molecule has 0 aliphatic heterocycles. The minimum Gasteiger partial charge on any atom is -0.370 e. The van der Waals surface area contributed by atoms with Crippen LogP contribution in [0.4, 0.5) is 5.69 Å². The lowest BCUT2D eigenvalue weighted by atomic mass is 10.2. The Labute approximate surface area is 138 Å². The molecule has 23 heavy (non-hydrogen) atoms. The zero-order valence-corrected chi connectivity index (χ0v) is 13.8. The molecule has 1 aromatic heterocycles. The summed E-state index contributed by atoms with van der Waals surface area (Å²) in [6.45, 7) is 3.51. The third-order valence-electron chi connectivity index (χ3n) is 3.76. The number of rotatable bonds is 7. The van der Waals surface area contributed by atoms with Crippen molar-refractivity contribution in [2.45, 2.75) is 19.4 Å². The van der Waals surface area contributed by atoms with Gasteiger partial charge in [0.05, 0.1) is 6.54 Å². The molecule has 5 nitrogen and oxygen atoms in total. The van der Waals surface area contributed by atoms with Crippen molar-refractivity contribution in [1.29, 1.82) is 0 Å². The monoisotopic (exact) mass is 311 g/mol. The van der Waals surface area contributed by atoms with Gasteiger partial charge < -0.3 is 16.0 Å². The summed E-state index contributed by atoms with van der Waals surface area (Å²) >= 11 is 0. The second kappa shape index (κ2) is 8.78. The molecule has 122 valence electrons. The highest BCUT2D eigenvalue weighted by atomic mass is 15.2. The number of nitrogens with one attached hydrogen (secondary N) is 1. The van der Waals surface area contributed by atoms with E-state index in [0.717, 1.165) is 18.7 Å². The quantitative estimate of drug-likeness (QED) is 0.607. The molecule has 0 aliphatic carbocycles. The third-order valence-corrected chi connectivity index (χ3v) is 3.76. The van der Waals surface area contributed by atoms with Gasteiger partial charge in [0, 0.05) is 43.6 Å². The van der Waals surface area contributed by atoms with Crippen LogP contribution in [-0.4, -0.2) is 37.1 Å². The first kappa shape index (κ1) is 16.8. The van der Waals surface area contributed by atoms with E-state index in [0.29, 0.717) is 12.5 Å². The van der Waals surface area contributed by atoms with Crippen LogP contribution >= 0.6 is 0 Å². The van der Waals surface area contributed by atoms with Gasteiger partial charge in [0.15, 0.2) is 5.96 Å². The standard InChI is InChI=1S/C18H25N5/c1-15(23(2)17-9-4-3-5-10-17)14-22-18(19)21-13-11-16-8-6-7-12-20-16/h3-10,12,15H,11,13-14H2,1-2H3,(H3,19,21,22). The van der Waals surface area contributed by atoms with Crippen LogP contribution in [0.1, 0.15) is 12.6 Å². The van der Waals surface area contributed by atoms with Gasteiger partial charge in [-0.05, 0) is 31.2 Å². The molecular weight excluding hydrogens is 286 g/mol. The largest absolute Gasteiger partial charge is 0.370 e. The molecule has 0 amide bonds. The highest BCUT2D eigenvalue weighted by Gasteiger charge is 2.09. The van der Waals surface area contributed by atoms with E-state index in [1.165, 1.54) is 5.69 Å². The molecule has 2 aromatic rings. The van der Waals surface area contributed by atoms with E-state index in [9.17, 15) is 0 Å². The molecule has 0 aliphatic rings. The van der Waals surface area contributed by atoms with Gasteiger partial charge in [-0.2, -0.15) is 0 Å². The fourth-order valence-corrected chi connectivity index (χ4v) is 2.19. The first-order valence-corrected chi connectivity index (χ1v) is 7.88. The average Bonchev–Trinajstić information content (AvgIpc) is 2.60. The molecule has 1 aromatic carbocycles. The molecule has 0 bridgehead atoms. The average molecular weight is 311 g/mol. The summed E-state index contributed by atoms with van der Waals surface area (Å²) < 4.78 is 0. The number of nitrogens with zero attached hydrogens (tertiary/aromatic N) is 3. The van der Waals surface area contributed by atoms with Crippen LogP contribution in [0, 0.1) is 0 Å². The Morgan fingerprint density at radius 1 is 1.22 bits per heavy atom. The van der Waals surface area contributed by atoms with Crippen molar-refractivity contribution in [3.05, 3.63) is 60.4 Å². The maximum Gasteiger partial charge on any atom is 0.188 e. The van der Waals surface area contributed by atoms with Gasteiger partial charge in [-0.1, -0.05) is 24.3 Å². The molecular formula is C18H25N5. The number of likely N-dealkylation sites (N-methyl/N-ethyl adjacent to an activating group) is 1. The molecule has 0 saturated heterocycles. The number of nitrogens with two attached hydrogens (primary N) is 1. The number of guanidine groups is 1. The molecule has 0 saturated carbocycles. The second-order valence-corrected chi connectivity index (χ2v) is 5.52. The van der Waals surface area contributed by atoms with E-state index >= 15 is 0 Å². The Balaban J connectivity index is 1.75. The van der Waals surface area contributed by atoms with Crippen molar-refractivity contribution in [3.63, 3.8) is 0 Å². The predicted molar refractivity (Wildman–Crippen MR) is 96.7 cm³/mol. The van der Waals surface area contributed by atoms with Crippen LogP contribution in [0.25, 0.3) is 0 Å². The van der Waals surface area contributed by atoms with E-state index < -0.39 is 0 Å². The Morgan fingerprint density at radius 2 is 1.96 bits per heavy atom. The van der Waals surface area contributed by atoms with Crippen LogP contribution in [0.15, 0.2) is 59.7 Å². The summed E-state index contributed by atoms with van der Waals surface area (Å²) in [5, 5.41) is 3.13. The summed E-state index contributed by atoms with van der Waals surface area (Å²) in [6, 6.07) is 16.5. The maximum absolute atomic E-state index is 5.92. The van der Waals surface area contributed by atoms with E-state index in [-0.39, 0.29) is 6.04 Å². The fraction of sp³-hybridized carbons (Fsp3) is 0.333. The summed E-state index contributed by atoms with van der Waals surface area (Å²) in [7, 11) is 2.07. The van der Waals surface area contributed by atoms with Crippen molar-refractivity contribution in [3.8, 4) is 0 Å². The maximum atomic E-state index is 5.92. The van der Waals surface area contributed by atoms with Crippen LogP contribution in [0.3, 0.4) is 0 Å². The van der Waals surface area contributed by atoms with E-state index in [4.69, 9.17) is 5.73 Å². The lowest BCUT2D eigenvalue weighted by molar-refractivity contribution is 0.691. The molecule has 0 spiro atoms. The van der Waals surface area contributed by atoms with Crippen molar-refractivity contribution < 1.29 is 0 Å². The third kappa shape index (κ3) is 5.62. The number of aliphatic imine (C=N–C) groups is 1. The zero-order chi connectivity index (χ0) is 16.5. The molecule has 3 N–H and O–H groups in total. The number of hydrogen-bond donors (Lipinski definition) is 2. The van der Waals surface area contributed by atoms with E-state index in [1.807, 2.05) is 36.4 Å². The molecule has 2 rings (SSSR count). The second-order valence-electron chi connectivity index (χ2n) is 5.52. The van der Waals surface area contributed by atoms with E-state index in [1.54, 1.807) is 6.20 Å². The molecule has 0 radical (unpaired) electrons. The Hall–Kier alpha value is -2.56. The Morgan fingerprint density at radius 3 is 2.65 bits per heavy atom. The number of benzene rings is 1. The van der Waals surface area contributed by atoms with Gasteiger partial charge in [0.2, 0.25) is 0 Å². The summed E-state index contributed by atoms with van der Waals surface area (Å²) in [4.78, 5) is 10.9. The van der Waals surface area contributed by atoms with Crippen molar-refractivity contribution in [1.82, 2.24) is 10.3 Å². The topological polar surface area (TPSA) is 66.5 Å². The number of aromatic nitrogens is 1. The van der Waals surface area contributed by atoms with Crippen molar-refractivity contribution in [2.24, 2.45) is 10.7 Å². The van der Waals surface area contributed by atoms with Crippen molar-refractivity contribution >= 4 is 11.6 Å². The lowest BCUT2D eigenvalue weighted by Gasteiger charge is -2.25. The first-order valence-electron chi connectivity index (χ1n) is 7.88. The predicted octanol–water partition coefficient (Wildman–Crippen LogP) is 2.05. The van der Waals surface area contributed by atoms with Crippen LogP contribution in [0.5, 0.6) is 0 Å². The normalized spacial score (nSPS) is 12.7. The first-order chi connectivity index (χ1) is 11.2. The zero-order valence-electron chi connectivity index (χ0n) is 13.8. The highest BCUT2D eigenvalue weighted by Crippen LogP contribution is 2.13. The number of pyridine rings is 1. The Kier molecular flexibility index (Phi) is 6.41. The molecule has 1 atom stereocenters. The van der Waals surface area contributed by atoms with Crippen LogP contribution in [-0.2, 0) is 6.42 Å². The summed E-state index contributed by atoms with van der Waals surface area (Å²) in [5.41, 5.74) is 8.15. The van der Waals surface area contributed by atoms with Gasteiger partial charge in [0.25, 0.3) is 0 Å². The highest BCUT2D eigenvalue weighted by molar-refractivity contribution is 5.77. The van der Waals surface area contributed by atoms with Gasteiger partial charge in [-0.25, -0.2) is 0 Å². The number of anilines is 1. The minimum atomic E-state index is 0.272. The van der Waals surface area contributed by atoms with Gasteiger partial charge in [-0.3, -0.25) is 9.98 Å². The minimum absolute atomic E-state index is 0.272. The Bertz CT molecular complexity index is 597. The fourth-order valence-electron chi connectivity index (χ4n) is 2.19. The summed E-state index contributed by atoms with van der Waals surface area (Å²) in [6.07, 6.45) is 2.63. The van der Waals surface area contributed by atoms with Crippen molar-refractivity contribution in [2.75, 3.05) is 25.0 Å². The van der Waals surface area contributed by atoms with Crippen LogP contribution in [0.2, 0.25) is 0 Å². The van der Waals surface area contributed by atoms with E-state index in [2.05, 4.69) is 46.3 Å². The van der Waals surface area contributed by atoms with Gasteiger partial charge >= 0.3 is 0 Å². The lowest BCUT2D eigenvalue weighted by Crippen LogP contribution is -2.36. The van der Waals surface area contributed by atoms with Gasteiger partial charge in [0.1, 0.15) is 0 Å². The number of hydrogen-bond acceptors (Lipinski definition) is 3. The molecule has 1 heterocycles. The number of para-hydroxylation sites is 1.